The zero-order valence-electron chi connectivity index (χ0n) is 10.3. The molecule has 0 aliphatic carbocycles. The topological polar surface area (TPSA) is 39.2 Å². The maximum atomic E-state index is 11.7. The second kappa shape index (κ2) is 5.48. The van der Waals surface area contributed by atoms with Gasteiger partial charge in [-0.2, -0.15) is 0 Å². The van der Waals surface area contributed by atoms with Gasteiger partial charge in [0.15, 0.2) is 0 Å². The summed E-state index contributed by atoms with van der Waals surface area (Å²) in [6.45, 7) is 4.07. The van der Waals surface area contributed by atoms with E-state index < -0.39 is 0 Å². The van der Waals surface area contributed by atoms with Gasteiger partial charge in [-0.1, -0.05) is 6.07 Å². The zero-order valence-corrected chi connectivity index (χ0v) is 11.9. The molecule has 1 aromatic carbocycles. The highest BCUT2D eigenvalue weighted by molar-refractivity contribution is 9.10. The molecule has 0 amide bonds. The van der Waals surface area contributed by atoms with Crippen molar-refractivity contribution < 1.29 is 9.53 Å². The monoisotopic (exact) mass is 307 g/mol. The minimum absolute atomic E-state index is 0.195. The number of pyridine rings is 1. The first kappa shape index (κ1) is 13.0. The van der Waals surface area contributed by atoms with Gasteiger partial charge in [-0.05, 0) is 53.5 Å². The van der Waals surface area contributed by atoms with Gasteiger partial charge < -0.3 is 4.74 Å². The van der Waals surface area contributed by atoms with Gasteiger partial charge in [0.1, 0.15) is 0 Å². The largest absolute Gasteiger partial charge is 0.466 e. The number of halogens is 1. The van der Waals surface area contributed by atoms with E-state index in [-0.39, 0.29) is 11.9 Å². The molecule has 4 heteroatoms. The van der Waals surface area contributed by atoms with Crippen molar-refractivity contribution in [2.24, 2.45) is 0 Å². The Morgan fingerprint density at radius 3 is 2.94 bits per heavy atom. The standard InChI is InChI=1S/C14H14BrNO2/c1-3-18-14(17)9(2)10-4-5-13-11(6-10)7-12(15)8-16-13/h4-9H,3H2,1-2H3. The highest BCUT2D eigenvalue weighted by Crippen LogP contribution is 2.23. The smallest absolute Gasteiger partial charge is 0.313 e. The Morgan fingerprint density at radius 2 is 2.22 bits per heavy atom. The lowest BCUT2D eigenvalue weighted by Crippen LogP contribution is -2.12. The lowest BCUT2D eigenvalue weighted by Gasteiger charge is -2.11. The molecule has 0 aliphatic rings. The Bertz CT molecular complexity index is 583. The van der Waals surface area contributed by atoms with Gasteiger partial charge in [-0.25, -0.2) is 0 Å². The molecule has 18 heavy (non-hydrogen) atoms. The summed E-state index contributed by atoms with van der Waals surface area (Å²) >= 11 is 3.39. The number of nitrogens with zero attached hydrogens (tertiary/aromatic N) is 1. The molecule has 0 bridgehead atoms. The molecule has 0 saturated carbocycles. The number of hydrogen-bond acceptors (Lipinski definition) is 3. The van der Waals surface area contributed by atoms with Crippen LogP contribution in [0.2, 0.25) is 0 Å². The van der Waals surface area contributed by atoms with Crippen LogP contribution in [0.4, 0.5) is 0 Å². The van der Waals surface area contributed by atoms with E-state index in [4.69, 9.17) is 4.74 Å². The van der Waals surface area contributed by atoms with Crippen LogP contribution in [0.1, 0.15) is 25.3 Å². The minimum Gasteiger partial charge on any atom is -0.466 e. The van der Waals surface area contributed by atoms with Crippen LogP contribution in [-0.2, 0) is 9.53 Å². The van der Waals surface area contributed by atoms with E-state index in [1.807, 2.05) is 38.1 Å². The highest BCUT2D eigenvalue weighted by atomic mass is 79.9. The summed E-state index contributed by atoms with van der Waals surface area (Å²) in [5.74, 6) is -0.451. The van der Waals surface area contributed by atoms with E-state index in [9.17, 15) is 4.79 Å². The van der Waals surface area contributed by atoms with E-state index >= 15 is 0 Å². The molecule has 1 atom stereocenters. The van der Waals surface area contributed by atoms with Crippen molar-refractivity contribution in [1.29, 1.82) is 0 Å². The molecule has 0 radical (unpaired) electrons. The number of fused-ring (bicyclic) bond motifs is 1. The third-order valence-electron chi connectivity index (χ3n) is 2.81. The average molecular weight is 308 g/mol. The maximum absolute atomic E-state index is 11.7. The molecule has 0 N–H and O–H groups in total. The Labute approximate surface area is 114 Å². The van der Waals surface area contributed by atoms with E-state index in [1.165, 1.54) is 0 Å². The number of ether oxygens (including phenoxy) is 1. The van der Waals surface area contributed by atoms with Crippen LogP contribution in [0.5, 0.6) is 0 Å². The first-order valence-corrected chi connectivity index (χ1v) is 6.63. The summed E-state index contributed by atoms with van der Waals surface area (Å²) in [6.07, 6.45) is 1.76. The molecule has 0 saturated heterocycles. The molecule has 0 fully saturated rings. The van der Waals surface area contributed by atoms with Crippen LogP contribution in [0, 0.1) is 0 Å². The van der Waals surface area contributed by atoms with Crippen LogP contribution in [0.3, 0.4) is 0 Å². The highest BCUT2D eigenvalue weighted by Gasteiger charge is 2.16. The van der Waals surface area contributed by atoms with Crippen LogP contribution in [-0.4, -0.2) is 17.6 Å². The number of aromatic nitrogens is 1. The number of esters is 1. The molecule has 1 unspecified atom stereocenters. The van der Waals surface area contributed by atoms with Gasteiger partial charge in [0.2, 0.25) is 0 Å². The van der Waals surface area contributed by atoms with Crippen LogP contribution in [0.15, 0.2) is 34.9 Å². The molecule has 2 rings (SSSR count). The predicted octanol–water partition coefficient (Wildman–Crippen LogP) is 3.66. The second-order valence-corrected chi connectivity index (χ2v) is 5.00. The third-order valence-corrected chi connectivity index (χ3v) is 3.25. The van der Waals surface area contributed by atoms with Gasteiger partial charge in [0.05, 0.1) is 18.0 Å². The molecule has 94 valence electrons. The molecule has 1 heterocycles. The van der Waals surface area contributed by atoms with E-state index in [0.29, 0.717) is 6.61 Å². The van der Waals surface area contributed by atoms with E-state index in [0.717, 1.165) is 20.9 Å². The fourth-order valence-corrected chi connectivity index (χ4v) is 2.14. The number of rotatable bonds is 3. The molecule has 2 aromatic rings. The third kappa shape index (κ3) is 2.70. The Kier molecular flexibility index (Phi) is 3.97. The fraction of sp³-hybridized carbons (Fsp3) is 0.286. The van der Waals surface area contributed by atoms with Crippen molar-refractivity contribution in [2.75, 3.05) is 6.61 Å². The van der Waals surface area contributed by atoms with Gasteiger partial charge >= 0.3 is 5.97 Å². The number of carbonyl (C=O) groups is 1. The lowest BCUT2D eigenvalue weighted by atomic mass is 9.99. The Hall–Kier alpha value is -1.42. The molecule has 1 aromatic heterocycles. The van der Waals surface area contributed by atoms with Crippen LogP contribution >= 0.6 is 15.9 Å². The molecular weight excluding hydrogens is 294 g/mol. The van der Waals surface area contributed by atoms with Gasteiger partial charge in [-0.3, -0.25) is 9.78 Å². The molecule has 0 aliphatic heterocycles. The van der Waals surface area contributed by atoms with Crippen LogP contribution < -0.4 is 0 Å². The van der Waals surface area contributed by atoms with E-state index in [1.54, 1.807) is 6.20 Å². The van der Waals surface area contributed by atoms with Crippen molar-refractivity contribution in [1.82, 2.24) is 4.98 Å². The summed E-state index contributed by atoms with van der Waals surface area (Å²) in [4.78, 5) is 16.0. The van der Waals surface area contributed by atoms with Crippen molar-refractivity contribution in [3.63, 3.8) is 0 Å². The first-order chi connectivity index (χ1) is 8.61. The first-order valence-electron chi connectivity index (χ1n) is 5.83. The van der Waals surface area contributed by atoms with Crippen molar-refractivity contribution in [3.8, 4) is 0 Å². The van der Waals surface area contributed by atoms with Crippen molar-refractivity contribution >= 4 is 32.8 Å². The predicted molar refractivity (Wildman–Crippen MR) is 74.5 cm³/mol. The quantitative estimate of drug-likeness (QED) is 0.812. The summed E-state index contributed by atoms with van der Waals surface area (Å²) in [5, 5.41) is 1.01. The Balaban J connectivity index is 2.37. The number of benzene rings is 1. The summed E-state index contributed by atoms with van der Waals surface area (Å²) in [7, 11) is 0. The molecule has 0 spiro atoms. The summed E-state index contributed by atoms with van der Waals surface area (Å²) in [6, 6.07) is 7.82. The summed E-state index contributed by atoms with van der Waals surface area (Å²) in [5.41, 5.74) is 1.86. The number of hydrogen-bond donors (Lipinski definition) is 0. The van der Waals surface area contributed by atoms with Crippen molar-refractivity contribution in [2.45, 2.75) is 19.8 Å². The SMILES string of the molecule is CCOC(=O)C(C)c1ccc2ncc(Br)cc2c1. The summed E-state index contributed by atoms with van der Waals surface area (Å²) < 4.78 is 5.96. The maximum Gasteiger partial charge on any atom is 0.313 e. The van der Waals surface area contributed by atoms with Gasteiger partial charge in [0.25, 0.3) is 0 Å². The zero-order chi connectivity index (χ0) is 13.1. The fourth-order valence-electron chi connectivity index (χ4n) is 1.80. The lowest BCUT2D eigenvalue weighted by molar-refractivity contribution is -0.144. The minimum atomic E-state index is -0.256. The van der Waals surface area contributed by atoms with Gasteiger partial charge in [-0.15, -0.1) is 0 Å². The molecule has 3 nitrogen and oxygen atoms in total. The second-order valence-electron chi connectivity index (χ2n) is 4.08. The average Bonchev–Trinajstić information content (AvgIpc) is 2.37. The van der Waals surface area contributed by atoms with Crippen LogP contribution in [0.25, 0.3) is 10.9 Å². The molecular formula is C14H14BrNO2. The normalized spacial score (nSPS) is 12.4. The van der Waals surface area contributed by atoms with Gasteiger partial charge in [0, 0.05) is 16.1 Å². The van der Waals surface area contributed by atoms with E-state index in [2.05, 4.69) is 20.9 Å². The van der Waals surface area contributed by atoms with Crippen molar-refractivity contribution in [3.05, 3.63) is 40.5 Å². The number of carbonyl (C=O) groups excluding carboxylic acids is 1. The Morgan fingerprint density at radius 1 is 1.44 bits per heavy atom.